The highest BCUT2D eigenvalue weighted by molar-refractivity contribution is 4.43. The van der Waals surface area contributed by atoms with Gasteiger partial charge in [0.2, 0.25) is 6.20 Å². The lowest BCUT2D eigenvalue weighted by molar-refractivity contribution is -0.668. The number of nitrogens with zero attached hydrogens (tertiary/aromatic N) is 2. The van der Waals surface area contributed by atoms with Gasteiger partial charge in [-0.1, -0.05) is 0 Å². The molecule has 0 aliphatic carbocycles. The molecular formula is C2H2N3O. The second-order valence-electron chi connectivity index (χ2n) is 0.788. The summed E-state index contributed by atoms with van der Waals surface area (Å²) in [6.07, 6.45) is 3.50. The molecule has 4 nitrogen and oxygen atoms in total. The Hall–Kier alpha value is -1.06. The van der Waals surface area contributed by atoms with Gasteiger partial charge in [-0.2, -0.15) is 0 Å². The number of aromatic nitrogens is 3. The predicted octanol–water partition coefficient (Wildman–Crippen LogP) is -1.16. The van der Waals surface area contributed by atoms with Gasteiger partial charge < -0.3 is 5.21 Å². The lowest BCUT2D eigenvalue weighted by atomic mass is 11.0. The fourth-order valence-corrected chi connectivity index (χ4v) is 0.191. The zero-order valence-corrected chi connectivity index (χ0v) is 2.88. The van der Waals surface area contributed by atoms with Crippen LogP contribution in [-0.4, -0.2) is 10.3 Å². The van der Waals surface area contributed by atoms with Crippen molar-refractivity contribution in [3.63, 3.8) is 0 Å². The first-order valence-electron chi connectivity index (χ1n) is 1.40. The van der Waals surface area contributed by atoms with Crippen LogP contribution in [0.5, 0.6) is 0 Å². The Bertz CT molecular complexity index is 112. The smallest absolute Gasteiger partial charge is 0.240 e. The van der Waals surface area contributed by atoms with Crippen LogP contribution in [0, 0.1) is 11.4 Å². The molecule has 1 aromatic heterocycles. The van der Waals surface area contributed by atoms with Crippen LogP contribution in [0.2, 0.25) is 0 Å². The first-order valence-corrected chi connectivity index (χ1v) is 1.40. The summed E-state index contributed by atoms with van der Waals surface area (Å²) in [5, 5.41) is 15.1. The molecule has 0 aliphatic rings. The minimum Gasteiger partial charge on any atom is -0.691 e. The van der Waals surface area contributed by atoms with Crippen LogP contribution in [0.4, 0.5) is 0 Å². The molecule has 1 radical (unpaired) electrons. The molecule has 0 bridgehead atoms. The Balaban J connectivity index is 3.05. The van der Waals surface area contributed by atoms with E-state index in [0.717, 1.165) is 6.20 Å². The zero-order chi connectivity index (χ0) is 4.41. The van der Waals surface area contributed by atoms with E-state index in [2.05, 4.69) is 16.5 Å². The first kappa shape index (κ1) is 3.14. The first-order chi connectivity index (χ1) is 2.89. The molecule has 1 aromatic rings. The summed E-state index contributed by atoms with van der Waals surface area (Å²) >= 11 is 0. The predicted molar refractivity (Wildman–Crippen MR) is 16.4 cm³/mol. The maximum absolute atomic E-state index is 9.81. The highest BCUT2D eigenvalue weighted by Gasteiger charge is 1.78. The highest BCUT2D eigenvalue weighted by atomic mass is 16.5. The van der Waals surface area contributed by atoms with Gasteiger partial charge >= 0.3 is 0 Å². The number of aromatic amines is 1. The molecule has 0 saturated heterocycles. The van der Waals surface area contributed by atoms with Crippen LogP contribution >= 0.6 is 0 Å². The van der Waals surface area contributed by atoms with Crippen molar-refractivity contribution >= 4 is 0 Å². The van der Waals surface area contributed by atoms with Crippen LogP contribution < -0.4 is 4.85 Å². The van der Waals surface area contributed by atoms with Crippen molar-refractivity contribution in [2.24, 2.45) is 0 Å². The van der Waals surface area contributed by atoms with Gasteiger partial charge in [0.15, 0.2) is 6.20 Å². The summed E-state index contributed by atoms with van der Waals surface area (Å²) in [6, 6.07) is 0. The summed E-state index contributed by atoms with van der Waals surface area (Å²) in [5.74, 6) is 0. The molecule has 0 aromatic carbocycles. The third-order valence-electron chi connectivity index (χ3n) is 0.388. The van der Waals surface area contributed by atoms with Crippen molar-refractivity contribution in [2.45, 2.75) is 0 Å². The van der Waals surface area contributed by atoms with Crippen LogP contribution in [0.3, 0.4) is 0 Å². The molecule has 0 spiro atoms. The molecule has 0 aliphatic heterocycles. The van der Waals surface area contributed by atoms with E-state index in [9.17, 15) is 5.21 Å². The van der Waals surface area contributed by atoms with Crippen molar-refractivity contribution in [3.8, 4) is 0 Å². The number of hydrogen-bond donors (Lipinski definition) is 1. The third-order valence-corrected chi connectivity index (χ3v) is 0.388. The Morgan fingerprint density at radius 3 is 3.00 bits per heavy atom. The topological polar surface area (TPSA) is 55.6 Å². The molecule has 0 amide bonds. The lowest BCUT2D eigenvalue weighted by Gasteiger charge is -1.81. The highest BCUT2D eigenvalue weighted by Crippen LogP contribution is 1.51. The second-order valence-corrected chi connectivity index (χ2v) is 0.788. The number of hydrogen-bond acceptors (Lipinski definition) is 2. The van der Waals surface area contributed by atoms with E-state index in [-0.39, 0.29) is 0 Å². The van der Waals surface area contributed by atoms with Gasteiger partial charge in [-0.15, -0.1) is 9.94 Å². The van der Waals surface area contributed by atoms with Crippen LogP contribution in [0.25, 0.3) is 0 Å². The quantitative estimate of drug-likeness (QED) is 0.318. The van der Waals surface area contributed by atoms with E-state index in [4.69, 9.17) is 0 Å². The van der Waals surface area contributed by atoms with Gasteiger partial charge in [-0.25, -0.2) is 0 Å². The van der Waals surface area contributed by atoms with Crippen molar-refractivity contribution in [2.75, 3.05) is 0 Å². The molecule has 0 atom stereocenters. The van der Waals surface area contributed by atoms with Crippen molar-refractivity contribution in [1.82, 2.24) is 10.3 Å². The molecular weight excluding hydrogens is 82.0 g/mol. The minimum absolute atomic E-state index is 0.389. The maximum Gasteiger partial charge on any atom is 0.240 e. The molecule has 6 heavy (non-hydrogen) atoms. The number of rotatable bonds is 0. The number of nitrogens with one attached hydrogen (secondary N) is 1. The fraction of sp³-hybridized carbons (Fsp3) is 0. The molecule has 1 rings (SSSR count). The van der Waals surface area contributed by atoms with E-state index in [1.165, 1.54) is 0 Å². The van der Waals surface area contributed by atoms with Crippen LogP contribution in [0.15, 0.2) is 6.20 Å². The van der Waals surface area contributed by atoms with Gasteiger partial charge in [0.25, 0.3) is 0 Å². The standard InChI is InChI=1S/C2H2N3O/c6-5-2-1-3-4-5/h2-3H. The SMILES string of the molecule is [O-][n+]1c[c][nH]n1. The van der Waals surface area contributed by atoms with Crippen molar-refractivity contribution in [3.05, 3.63) is 17.6 Å². The fourth-order valence-electron chi connectivity index (χ4n) is 0.191. The lowest BCUT2D eigenvalue weighted by Crippen LogP contribution is -2.26. The molecule has 0 saturated carbocycles. The second kappa shape index (κ2) is 0.965. The number of H-pyrrole nitrogens is 1. The molecule has 1 heterocycles. The van der Waals surface area contributed by atoms with Gasteiger partial charge in [-0.3, -0.25) is 0 Å². The Labute approximate surface area is 34.0 Å². The van der Waals surface area contributed by atoms with Crippen LogP contribution in [-0.2, 0) is 0 Å². The van der Waals surface area contributed by atoms with Gasteiger partial charge in [0, 0.05) is 0 Å². The minimum atomic E-state index is 0.389. The van der Waals surface area contributed by atoms with Gasteiger partial charge in [-0.05, 0) is 0 Å². The monoisotopic (exact) mass is 84.0 g/mol. The van der Waals surface area contributed by atoms with E-state index >= 15 is 0 Å². The Morgan fingerprint density at radius 1 is 2.00 bits per heavy atom. The van der Waals surface area contributed by atoms with Crippen molar-refractivity contribution in [1.29, 1.82) is 0 Å². The summed E-state index contributed by atoms with van der Waals surface area (Å²) in [6.45, 7) is 0. The van der Waals surface area contributed by atoms with Gasteiger partial charge in [0.05, 0.1) is 5.21 Å². The molecule has 0 fully saturated rings. The summed E-state index contributed by atoms with van der Waals surface area (Å²) in [5.41, 5.74) is 0. The molecule has 1 N–H and O–H groups in total. The summed E-state index contributed by atoms with van der Waals surface area (Å²) in [4.78, 5) is 0.389. The molecule has 31 valence electrons. The average Bonchev–Trinajstić information content (AvgIpc) is 1.86. The summed E-state index contributed by atoms with van der Waals surface area (Å²) < 4.78 is 0. The van der Waals surface area contributed by atoms with Crippen molar-refractivity contribution < 1.29 is 4.85 Å². The summed E-state index contributed by atoms with van der Waals surface area (Å²) in [7, 11) is 0. The van der Waals surface area contributed by atoms with E-state index in [1.54, 1.807) is 0 Å². The van der Waals surface area contributed by atoms with E-state index in [1.807, 2.05) is 0 Å². The van der Waals surface area contributed by atoms with E-state index < -0.39 is 0 Å². The molecule has 4 heteroatoms. The van der Waals surface area contributed by atoms with E-state index in [0.29, 0.717) is 4.85 Å². The largest absolute Gasteiger partial charge is 0.691 e. The Morgan fingerprint density at radius 2 is 2.83 bits per heavy atom. The third kappa shape index (κ3) is 0.314. The maximum atomic E-state index is 9.81. The van der Waals surface area contributed by atoms with Gasteiger partial charge in [0.1, 0.15) is 0 Å². The average molecular weight is 84.1 g/mol. The zero-order valence-electron chi connectivity index (χ0n) is 2.88. The normalized spacial score (nSPS) is 8.67. The van der Waals surface area contributed by atoms with Crippen LogP contribution in [0.1, 0.15) is 0 Å². The Kier molecular flexibility index (Phi) is 0.506. The molecule has 0 unspecified atom stereocenters.